The molecule has 0 bridgehead atoms. The van der Waals surface area contributed by atoms with Crippen molar-refractivity contribution in [3.63, 3.8) is 0 Å². The summed E-state index contributed by atoms with van der Waals surface area (Å²) in [4.78, 5) is 17.5. The second-order valence-corrected chi connectivity index (χ2v) is 7.39. The maximum Gasteiger partial charge on any atom is 0.259 e. The van der Waals surface area contributed by atoms with Gasteiger partial charge in [-0.2, -0.15) is 5.26 Å². The van der Waals surface area contributed by atoms with Crippen LogP contribution in [0.2, 0.25) is 4.34 Å². The van der Waals surface area contributed by atoms with Crippen LogP contribution in [0.4, 0.5) is 4.39 Å². The first-order valence-electron chi connectivity index (χ1n) is 7.47. The van der Waals surface area contributed by atoms with Crippen LogP contribution < -0.4 is 5.56 Å². The van der Waals surface area contributed by atoms with E-state index in [4.69, 9.17) is 16.9 Å². The Kier molecular flexibility index (Phi) is 3.63. The molecular formula is C17H11ClFN3OS. The lowest BCUT2D eigenvalue weighted by molar-refractivity contribution is 0.609. The van der Waals surface area contributed by atoms with Crippen LogP contribution in [-0.2, 0) is 6.42 Å². The molecule has 2 aromatic heterocycles. The fourth-order valence-corrected chi connectivity index (χ4v) is 4.22. The fourth-order valence-electron chi connectivity index (χ4n) is 2.81. The summed E-state index contributed by atoms with van der Waals surface area (Å²) >= 11 is 7.54. The Morgan fingerprint density at radius 2 is 2.25 bits per heavy atom. The minimum absolute atomic E-state index is 0.0134. The first-order valence-corrected chi connectivity index (χ1v) is 8.66. The van der Waals surface area contributed by atoms with Crippen molar-refractivity contribution >= 4 is 27.9 Å². The van der Waals surface area contributed by atoms with E-state index in [0.717, 1.165) is 18.5 Å². The number of thiazole rings is 1. The van der Waals surface area contributed by atoms with Gasteiger partial charge in [-0.1, -0.05) is 35.1 Å². The van der Waals surface area contributed by atoms with Crippen LogP contribution >= 0.6 is 22.9 Å². The fraction of sp³-hybridized carbons (Fsp3) is 0.235. The number of hydrogen-bond donors (Lipinski definition) is 0. The molecule has 0 N–H and O–H groups in total. The predicted octanol–water partition coefficient (Wildman–Crippen LogP) is 3.89. The van der Waals surface area contributed by atoms with Crippen molar-refractivity contribution in [1.29, 1.82) is 5.26 Å². The van der Waals surface area contributed by atoms with Gasteiger partial charge in [0.1, 0.15) is 16.2 Å². The number of nitriles is 1. The Balaban J connectivity index is 1.79. The van der Waals surface area contributed by atoms with Crippen LogP contribution in [0.1, 0.15) is 41.3 Å². The van der Waals surface area contributed by atoms with E-state index < -0.39 is 5.82 Å². The topological polar surface area (TPSA) is 58.2 Å². The van der Waals surface area contributed by atoms with E-state index in [9.17, 15) is 9.18 Å². The first-order chi connectivity index (χ1) is 11.6. The summed E-state index contributed by atoms with van der Waals surface area (Å²) in [5.74, 6) is -0.230. The zero-order valence-electron chi connectivity index (χ0n) is 12.4. The number of fused-ring (bicyclic) bond motifs is 1. The Morgan fingerprint density at radius 1 is 1.46 bits per heavy atom. The smallest absolute Gasteiger partial charge is 0.259 e. The van der Waals surface area contributed by atoms with Crippen LogP contribution in [0, 0.1) is 17.1 Å². The molecule has 4 nitrogen and oxygen atoms in total. The molecule has 0 radical (unpaired) electrons. The predicted molar refractivity (Wildman–Crippen MR) is 90.2 cm³/mol. The lowest BCUT2D eigenvalue weighted by Gasteiger charge is -2.05. The van der Waals surface area contributed by atoms with Gasteiger partial charge in [0.2, 0.25) is 0 Å². The van der Waals surface area contributed by atoms with Crippen molar-refractivity contribution in [1.82, 2.24) is 9.38 Å². The number of benzene rings is 1. The normalized spacial score (nSPS) is 14.0. The van der Waals surface area contributed by atoms with Crippen LogP contribution in [0.25, 0.3) is 4.96 Å². The molecule has 0 amide bonds. The van der Waals surface area contributed by atoms with Gasteiger partial charge in [-0.05, 0) is 24.5 Å². The monoisotopic (exact) mass is 359 g/mol. The van der Waals surface area contributed by atoms with Gasteiger partial charge in [0, 0.05) is 18.4 Å². The van der Waals surface area contributed by atoms with Gasteiger partial charge in [-0.25, -0.2) is 9.37 Å². The van der Waals surface area contributed by atoms with Crippen LogP contribution in [-0.4, -0.2) is 9.38 Å². The van der Waals surface area contributed by atoms with Crippen molar-refractivity contribution < 1.29 is 4.39 Å². The second kappa shape index (κ2) is 5.69. The minimum atomic E-state index is -0.565. The maximum absolute atomic E-state index is 14.2. The number of nitrogens with zero attached hydrogens (tertiary/aromatic N) is 3. The molecule has 7 heteroatoms. The lowest BCUT2D eigenvalue weighted by atomic mass is 10.1. The zero-order valence-corrected chi connectivity index (χ0v) is 14.0. The highest BCUT2D eigenvalue weighted by Crippen LogP contribution is 2.45. The average Bonchev–Trinajstić information content (AvgIpc) is 3.32. The summed E-state index contributed by atoms with van der Waals surface area (Å²) in [5.41, 5.74) is 1.44. The van der Waals surface area contributed by atoms with Gasteiger partial charge >= 0.3 is 0 Å². The average molecular weight is 360 g/mol. The van der Waals surface area contributed by atoms with E-state index in [2.05, 4.69) is 4.98 Å². The van der Waals surface area contributed by atoms with Gasteiger partial charge in [-0.15, -0.1) is 0 Å². The van der Waals surface area contributed by atoms with Crippen LogP contribution in [0.3, 0.4) is 0 Å². The molecule has 4 rings (SSSR count). The molecule has 0 saturated heterocycles. The summed E-state index contributed by atoms with van der Waals surface area (Å²) < 4.78 is 16.4. The summed E-state index contributed by atoms with van der Waals surface area (Å²) in [6, 6.07) is 7.87. The Labute approximate surface area is 145 Å². The molecule has 0 spiro atoms. The molecule has 1 saturated carbocycles. The van der Waals surface area contributed by atoms with Gasteiger partial charge in [0.25, 0.3) is 5.56 Å². The van der Waals surface area contributed by atoms with E-state index in [0.29, 0.717) is 26.5 Å². The van der Waals surface area contributed by atoms with E-state index in [1.54, 1.807) is 16.5 Å². The highest BCUT2D eigenvalue weighted by atomic mass is 35.5. The highest BCUT2D eigenvalue weighted by Gasteiger charge is 2.30. The van der Waals surface area contributed by atoms with E-state index in [1.165, 1.54) is 23.5 Å². The van der Waals surface area contributed by atoms with Crippen molar-refractivity contribution in [2.24, 2.45) is 0 Å². The zero-order chi connectivity index (χ0) is 16.8. The molecule has 0 aliphatic heterocycles. The molecule has 0 unspecified atom stereocenters. The van der Waals surface area contributed by atoms with Gasteiger partial charge < -0.3 is 0 Å². The molecule has 1 aliphatic carbocycles. The highest BCUT2D eigenvalue weighted by molar-refractivity contribution is 7.21. The Bertz CT molecular complexity index is 1060. The second-order valence-electron chi connectivity index (χ2n) is 5.81. The quantitative estimate of drug-likeness (QED) is 0.712. The molecule has 3 aromatic rings. The summed E-state index contributed by atoms with van der Waals surface area (Å²) in [6.45, 7) is 0. The number of aromatic nitrogens is 2. The molecule has 1 aromatic carbocycles. The third-order valence-corrected chi connectivity index (χ3v) is 5.37. The maximum atomic E-state index is 14.2. The third-order valence-electron chi connectivity index (χ3n) is 4.10. The molecule has 1 aliphatic rings. The first kappa shape index (κ1) is 15.3. The summed E-state index contributed by atoms with van der Waals surface area (Å²) in [7, 11) is 0. The van der Waals surface area contributed by atoms with Crippen LogP contribution in [0.5, 0.6) is 0 Å². The molecule has 120 valence electrons. The Hall–Kier alpha value is -2.23. The third kappa shape index (κ3) is 2.50. The van der Waals surface area contributed by atoms with Crippen molar-refractivity contribution in [2.45, 2.75) is 25.2 Å². The molecule has 24 heavy (non-hydrogen) atoms. The van der Waals surface area contributed by atoms with Crippen molar-refractivity contribution in [2.75, 3.05) is 0 Å². The SMILES string of the molecule is N#Cc1cccc(Cc2cc(=O)n3c(C4CC4)c(Cl)sc3n2)c1F. The summed E-state index contributed by atoms with van der Waals surface area (Å²) in [6.07, 6.45) is 2.22. The van der Waals surface area contributed by atoms with Crippen molar-refractivity contribution in [3.05, 3.63) is 67.3 Å². The number of rotatable bonds is 3. The standard InChI is InChI=1S/C17H11ClFN3OS/c18-16-15(9-4-5-9)22-13(23)7-12(21-17(22)24-16)6-10-2-1-3-11(8-20)14(10)19/h1-3,7,9H,4-6H2. The van der Waals surface area contributed by atoms with Gasteiger partial charge in [-0.3, -0.25) is 9.20 Å². The molecule has 1 fully saturated rings. The number of halogens is 2. The van der Waals surface area contributed by atoms with E-state index in [1.807, 2.05) is 6.07 Å². The molecular weight excluding hydrogens is 349 g/mol. The lowest BCUT2D eigenvalue weighted by Crippen LogP contribution is -2.16. The van der Waals surface area contributed by atoms with Gasteiger partial charge in [0.15, 0.2) is 4.96 Å². The Morgan fingerprint density at radius 3 is 2.96 bits per heavy atom. The summed E-state index contributed by atoms with van der Waals surface area (Å²) in [5, 5.41) is 8.91. The number of hydrogen-bond acceptors (Lipinski definition) is 4. The van der Waals surface area contributed by atoms with Crippen molar-refractivity contribution in [3.8, 4) is 6.07 Å². The van der Waals surface area contributed by atoms with E-state index >= 15 is 0 Å². The van der Waals surface area contributed by atoms with Gasteiger partial charge in [0.05, 0.1) is 17.0 Å². The largest absolute Gasteiger partial charge is 0.269 e. The molecule has 2 heterocycles. The van der Waals surface area contributed by atoms with E-state index in [-0.39, 0.29) is 17.5 Å². The minimum Gasteiger partial charge on any atom is -0.269 e. The molecule has 0 atom stereocenters. The van der Waals surface area contributed by atoms with Crippen LogP contribution in [0.15, 0.2) is 29.1 Å².